The molecule has 3 heteroatoms. The topological polar surface area (TPSA) is 33.6 Å². The van der Waals surface area contributed by atoms with Gasteiger partial charge in [-0.2, -0.15) is 0 Å². The number of aliphatic imine (C=N–C) groups is 1. The summed E-state index contributed by atoms with van der Waals surface area (Å²) in [5.74, 6) is 1.76. The Labute approximate surface area is 91.2 Å². The molecule has 1 rings (SSSR count). The SMILES string of the molecule is C=C1N=C/C=C(/C(C)C)C(=C)OCCN1. The Kier molecular flexibility index (Phi) is 4.16. The molecule has 0 aromatic carbocycles. The lowest BCUT2D eigenvalue weighted by Crippen LogP contribution is -2.19. The van der Waals surface area contributed by atoms with Gasteiger partial charge in [-0.1, -0.05) is 27.0 Å². The molecule has 1 aliphatic rings. The zero-order valence-electron chi connectivity index (χ0n) is 9.42. The molecule has 0 aromatic rings. The molecule has 0 radical (unpaired) electrons. The zero-order valence-corrected chi connectivity index (χ0v) is 9.42. The number of rotatable bonds is 1. The third-order valence-electron chi connectivity index (χ3n) is 2.14. The Bertz CT molecular complexity index is 314. The van der Waals surface area contributed by atoms with E-state index in [0.717, 1.165) is 11.3 Å². The van der Waals surface area contributed by atoms with Gasteiger partial charge >= 0.3 is 0 Å². The van der Waals surface area contributed by atoms with Crippen LogP contribution in [0, 0.1) is 5.92 Å². The molecule has 1 N–H and O–H groups in total. The number of nitrogens with one attached hydrogen (secondary N) is 1. The quantitative estimate of drug-likeness (QED) is 0.714. The van der Waals surface area contributed by atoms with Gasteiger partial charge in [0.15, 0.2) is 0 Å². The molecule has 1 heterocycles. The van der Waals surface area contributed by atoms with E-state index in [1.165, 1.54) is 0 Å². The molecule has 0 aromatic heterocycles. The van der Waals surface area contributed by atoms with Crippen molar-refractivity contribution in [1.29, 1.82) is 0 Å². The van der Waals surface area contributed by atoms with Gasteiger partial charge in [-0.05, 0) is 17.6 Å². The summed E-state index contributed by atoms with van der Waals surface area (Å²) < 4.78 is 5.51. The van der Waals surface area contributed by atoms with E-state index < -0.39 is 0 Å². The second-order valence-electron chi connectivity index (χ2n) is 3.70. The van der Waals surface area contributed by atoms with Crippen molar-refractivity contribution in [2.45, 2.75) is 13.8 Å². The molecule has 0 saturated carbocycles. The highest BCUT2D eigenvalue weighted by molar-refractivity contribution is 5.74. The highest BCUT2D eigenvalue weighted by Crippen LogP contribution is 2.18. The number of nitrogens with zero attached hydrogens (tertiary/aromatic N) is 1. The summed E-state index contributed by atoms with van der Waals surface area (Å²) >= 11 is 0. The normalized spacial score (nSPS) is 21.7. The Morgan fingerprint density at radius 1 is 1.47 bits per heavy atom. The average molecular weight is 206 g/mol. The largest absolute Gasteiger partial charge is 0.492 e. The molecule has 0 saturated heterocycles. The van der Waals surface area contributed by atoms with E-state index in [1.54, 1.807) is 6.21 Å². The maximum Gasteiger partial charge on any atom is 0.118 e. The van der Waals surface area contributed by atoms with E-state index in [0.29, 0.717) is 24.9 Å². The van der Waals surface area contributed by atoms with Crippen LogP contribution in [0.2, 0.25) is 0 Å². The van der Waals surface area contributed by atoms with Crippen LogP contribution in [0.5, 0.6) is 0 Å². The third-order valence-corrected chi connectivity index (χ3v) is 2.14. The second kappa shape index (κ2) is 5.39. The van der Waals surface area contributed by atoms with Crippen molar-refractivity contribution in [2.24, 2.45) is 10.9 Å². The molecule has 15 heavy (non-hydrogen) atoms. The molecular weight excluding hydrogens is 188 g/mol. The fraction of sp³-hybridized carbons (Fsp3) is 0.417. The van der Waals surface area contributed by atoms with Gasteiger partial charge in [0, 0.05) is 6.21 Å². The van der Waals surface area contributed by atoms with Crippen LogP contribution >= 0.6 is 0 Å². The second-order valence-corrected chi connectivity index (χ2v) is 3.70. The maximum atomic E-state index is 5.51. The Morgan fingerprint density at radius 3 is 2.87 bits per heavy atom. The first-order valence-corrected chi connectivity index (χ1v) is 5.10. The van der Waals surface area contributed by atoms with Crippen LogP contribution in [0.4, 0.5) is 0 Å². The Balaban J connectivity index is 2.87. The number of ether oxygens (including phenoxy) is 1. The van der Waals surface area contributed by atoms with E-state index in [1.807, 2.05) is 6.08 Å². The van der Waals surface area contributed by atoms with Gasteiger partial charge in [-0.3, -0.25) is 0 Å². The molecule has 0 bridgehead atoms. The van der Waals surface area contributed by atoms with Crippen LogP contribution < -0.4 is 5.32 Å². The summed E-state index contributed by atoms with van der Waals surface area (Å²) in [4.78, 5) is 4.15. The first kappa shape index (κ1) is 11.6. The number of hydrogen-bond donors (Lipinski definition) is 1. The molecule has 0 unspecified atom stereocenters. The van der Waals surface area contributed by atoms with Crippen molar-refractivity contribution >= 4 is 6.21 Å². The van der Waals surface area contributed by atoms with E-state index in [2.05, 4.69) is 37.3 Å². The van der Waals surface area contributed by atoms with E-state index >= 15 is 0 Å². The first-order valence-electron chi connectivity index (χ1n) is 5.10. The van der Waals surface area contributed by atoms with E-state index in [4.69, 9.17) is 4.74 Å². The fourth-order valence-electron chi connectivity index (χ4n) is 1.31. The van der Waals surface area contributed by atoms with Gasteiger partial charge in [0.25, 0.3) is 0 Å². The third kappa shape index (κ3) is 3.62. The predicted molar refractivity (Wildman–Crippen MR) is 63.6 cm³/mol. The summed E-state index contributed by atoms with van der Waals surface area (Å²) in [6.45, 7) is 13.2. The van der Waals surface area contributed by atoms with Crippen LogP contribution in [0.15, 0.2) is 41.4 Å². The standard InChI is InChI=1S/C12H18N2O/c1-9(2)12-5-6-13-11(4)14-7-8-15-10(12)3/h5-6,9,14H,3-4,7-8H2,1-2H3/b12-5-,13-6?. The first-order chi connectivity index (χ1) is 7.11. The number of allylic oxidation sites excluding steroid dienone is 2. The van der Waals surface area contributed by atoms with Crippen molar-refractivity contribution in [3.63, 3.8) is 0 Å². The minimum absolute atomic E-state index is 0.379. The van der Waals surface area contributed by atoms with Crippen molar-refractivity contribution < 1.29 is 4.74 Å². The molecule has 0 fully saturated rings. The van der Waals surface area contributed by atoms with Gasteiger partial charge < -0.3 is 10.1 Å². The Hall–Kier alpha value is -1.51. The zero-order chi connectivity index (χ0) is 11.3. The summed E-state index contributed by atoms with van der Waals surface area (Å²) in [6.07, 6.45) is 3.65. The van der Waals surface area contributed by atoms with Crippen molar-refractivity contribution in [3.8, 4) is 0 Å². The van der Waals surface area contributed by atoms with Crippen LogP contribution in [0.25, 0.3) is 0 Å². The van der Waals surface area contributed by atoms with Crippen LogP contribution in [0.3, 0.4) is 0 Å². The molecule has 0 spiro atoms. The molecule has 3 nitrogen and oxygen atoms in total. The highest BCUT2D eigenvalue weighted by Gasteiger charge is 2.08. The fourth-order valence-corrected chi connectivity index (χ4v) is 1.31. The predicted octanol–water partition coefficient (Wildman–Crippen LogP) is 2.24. The molecule has 0 aliphatic carbocycles. The summed E-state index contributed by atoms with van der Waals surface area (Å²) in [7, 11) is 0. The van der Waals surface area contributed by atoms with Gasteiger partial charge in [-0.25, -0.2) is 4.99 Å². The average Bonchev–Trinajstić information content (AvgIpc) is 2.18. The minimum Gasteiger partial charge on any atom is -0.492 e. The lowest BCUT2D eigenvalue weighted by atomic mass is 10.0. The van der Waals surface area contributed by atoms with E-state index in [9.17, 15) is 0 Å². The van der Waals surface area contributed by atoms with E-state index in [-0.39, 0.29) is 0 Å². The minimum atomic E-state index is 0.379. The Morgan fingerprint density at radius 2 is 2.20 bits per heavy atom. The van der Waals surface area contributed by atoms with Gasteiger partial charge in [-0.15, -0.1) is 0 Å². The molecular formula is C12H18N2O. The lowest BCUT2D eigenvalue weighted by molar-refractivity contribution is 0.220. The summed E-state index contributed by atoms with van der Waals surface area (Å²) in [5, 5.41) is 3.03. The lowest BCUT2D eigenvalue weighted by Gasteiger charge is -2.16. The van der Waals surface area contributed by atoms with Gasteiger partial charge in [0.1, 0.15) is 18.2 Å². The van der Waals surface area contributed by atoms with Crippen molar-refractivity contribution in [2.75, 3.05) is 13.2 Å². The van der Waals surface area contributed by atoms with Gasteiger partial charge in [0.05, 0.1) is 6.54 Å². The maximum absolute atomic E-state index is 5.51. The summed E-state index contributed by atoms with van der Waals surface area (Å²) in [6, 6.07) is 0. The monoisotopic (exact) mass is 206 g/mol. The summed E-state index contributed by atoms with van der Waals surface area (Å²) in [5.41, 5.74) is 1.08. The van der Waals surface area contributed by atoms with Crippen LogP contribution in [-0.2, 0) is 4.74 Å². The van der Waals surface area contributed by atoms with Crippen LogP contribution in [0.1, 0.15) is 13.8 Å². The molecule has 0 atom stereocenters. The van der Waals surface area contributed by atoms with Crippen LogP contribution in [-0.4, -0.2) is 19.4 Å². The molecule has 1 aliphatic heterocycles. The smallest absolute Gasteiger partial charge is 0.118 e. The highest BCUT2D eigenvalue weighted by atomic mass is 16.5. The molecule has 0 amide bonds. The van der Waals surface area contributed by atoms with Crippen molar-refractivity contribution in [3.05, 3.63) is 36.4 Å². The van der Waals surface area contributed by atoms with Gasteiger partial charge in [0.2, 0.25) is 0 Å². The van der Waals surface area contributed by atoms with Crippen molar-refractivity contribution in [1.82, 2.24) is 5.32 Å². The molecule has 82 valence electrons. The number of hydrogen-bond acceptors (Lipinski definition) is 3.